The van der Waals surface area contributed by atoms with Crippen LogP contribution < -0.4 is 11.1 Å². The van der Waals surface area contributed by atoms with Crippen LogP contribution in [-0.2, 0) is 6.42 Å². The van der Waals surface area contributed by atoms with E-state index in [1.54, 1.807) is 5.38 Å². The second-order valence-electron chi connectivity index (χ2n) is 5.57. The number of nitrogens with zero attached hydrogens (tertiary/aromatic N) is 1. The molecule has 1 saturated carbocycles. The molecule has 112 valence electrons. The molecule has 1 fully saturated rings. The lowest BCUT2D eigenvalue weighted by molar-refractivity contribution is 0.0716. The highest BCUT2D eigenvalue weighted by Crippen LogP contribution is 2.35. The first-order valence-electron chi connectivity index (χ1n) is 7.23. The summed E-state index contributed by atoms with van der Waals surface area (Å²) in [6.07, 6.45) is 6.17. The molecule has 0 unspecified atom stereocenters. The van der Waals surface area contributed by atoms with Crippen LogP contribution in [0.15, 0.2) is 5.38 Å². The first-order chi connectivity index (χ1) is 9.69. The van der Waals surface area contributed by atoms with Crippen LogP contribution in [0.4, 0.5) is 0 Å². The predicted molar refractivity (Wildman–Crippen MR) is 79.8 cm³/mol. The number of aliphatic hydroxyl groups is 1. The second-order valence-corrected chi connectivity index (χ2v) is 6.51. The zero-order valence-electron chi connectivity index (χ0n) is 11.7. The number of nitrogens with two attached hydrogens (primary N) is 1. The summed E-state index contributed by atoms with van der Waals surface area (Å²) in [4.78, 5) is 16.4. The summed E-state index contributed by atoms with van der Waals surface area (Å²) in [6, 6.07) is 0. The van der Waals surface area contributed by atoms with E-state index in [1.165, 1.54) is 17.8 Å². The standard InChI is InChI=1S/C14H23N3O2S/c15-7-4-12-17-11(8-20-12)13(19)16-9-14(10-18)5-2-1-3-6-14/h8,18H,1-7,9-10,15H2,(H,16,19). The quantitative estimate of drug-likeness (QED) is 0.739. The first kappa shape index (κ1) is 15.4. The average molecular weight is 297 g/mol. The number of nitrogens with one attached hydrogen (secondary N) is 1. The fourth-order valence-corrected chi connectivity index (χ4v) is 3.50. The van der Waals surface area contributed by atoms with Crippen molar-refractivity contribution in [1.29, 1.82) is 0 Å². The van der Waals surface area contributed by atoms with Crippen molar-refractivity contribution >= 4 is 17.2 Å². The van der Waals surface area contributed by atoms with Gasteiger partial charge in [-0.15, -0.1) is 11.3 Å². The molecule has 5 nitrogen and oxygen atoms in total. The van der Waals surface area contributed by atoms with Crippen molar-refractivity contribution in [3.05, 3.63) is 16.1 Å². The zero-order chi connectivity index (χ0) is 14.4. The molecule has 0 bridgehead atoms. The van der Waals surface area contributed by atoms with Crippen molar-refractivity contribution in [3.63, 3.8) is 0 Å². The summed E-state index contributed by atoms with van der Waals surface area (Å²) in [5.74, 6) is -0.150. The first-order valence-corrected chi connectivity index (χ1v) is 8.11. The Hall–Kier alpha value is -0.980. The van der Waals surface area contributed by atoms with E-state index in [-0.39, 0.29) is 17.9 Å². The van der Waals surface area contributed by atoms with Gasteiger partial charge in [0.1, 0.15) is 5.69 Å². The molecule has 0 radical (unpaired) electrons. The summed E-state index contributed by atoms with van der Waals surface area (Å²) in [6.45, 7) is 1.22. The maximum atomic E-state index is 12.1. The predicted octanol–water partition coefficient (Wildman–Crippen LogP) is 1.32. The Balaban J connectivity index is 1.89. The van der Waals surface area contributed by atoms with Gasteiger partial charge in [-0.05, 0) is 19.4 Å². The number of hydrogen-bond acceptors (Lipinski definition) is 5. The van der Waals surface area contributed by atoms with Gasteiger partial charge < -0.3 is 16.2 Å². The van der Waals surface area contributed by atoms with E-state index in [2.05, 4.69) is 10.3 Å². The van der Waals surface area contributed by atoms with Gasteiger partial charge in [-0.3, -0.25) is 4.79 Å². The number of amides is 1. The third kappa shape index (κ3) is 3.77. The second kappa shape index (κ2) is 7.15. The summed E-state index contributed by atoms with van der Waals surface area (Å²) in [5.41, 5.74) is 5.80. The van der Waals surface area contributed by atoms with Crippen molar-refractivity contribution < 1.29 is 9.90 Å². The van der Waals surface area contributed by atoms with Gasteiger partial charge in [0.15, 0.2) is 0 Å². The molecule has 1 amide bonds. The van der Waals surface area contributed by atoms with Gasteiger partial charge in [0.05, 0.1) is 11.6 Å². The van der Waals surface area contributed by atoms with Crippen LogP contribution in [0.3, 0.4) is 0 Å². The summed E-state index contributed by atoms with van der Waals surface area (Å²) < 4.78 is 0. The molecule has 0 atom stereocenters. The van der Waals surface area contributed by atoms with E-state index >= 15 is 0 Å². The molecule has 1 aromatic heterocycles. The highest BCUT2D eigenvalue weighted by molar-refractivity contribution is 7.09. The fraction of sp³-hybridized carbons (Fsp3) is 0.714. The lowest BCUT2D eigenvalue weighted by atomic mass is 9.74. The molecule has 6 heteroatoms. The lowest BCUT2D eigenvalue weighted by Gasteiger charge is -2.35. The molecular weight excluding hydrogens is 274 g/mol. The van der Waals surface area contributed by atoms with Gasteiger partial charge in [-0.25, -0.2) is 4.98 Å². The number of hydrogen-bond donors (Lipinski definition) is 3. The Bertz CT molecular complexity index is 441. The SMILES string of the molecule is NCCc1nc(C(=O)NCC2(CO)CCCCC2)cs1. The highest BCUT2D eigenvalue weighted by Gasteiger charge is 2.31. The number of carbonyl (C=O) groups is 1. The van der Waals surface area contributed by atoms with E-state index in [4.69, 9.17) is 5.73 Å². The van der Waals surface area contributed by atoms with Crippen LogP contribution in [0.2, 0.25) is 0 Å². The van der Waals surface area contributed by atoms with Crippen molar-refractivity contribution in [2.75, 3.05) is 19.7 Å². The van der Waals surface area contributed by atoms with E-state index in [9.17, 15) is 9.90 Å². The molecule has 1 aliphatic rings. The zero-order valence-corrected chi connectivity index (χ0v) is 12.5. The normalized spacial score (nSPS) is 17.9. The largest absolute Gasteiger partial charge is 0.396 e. The number of rotatable bonds is 6. The maximum absolute atomic E-state index is 12.1. The van der Waals surface area contributed by atoms with Crippen LogP contribution in [0.5, 0.6) is 0 Å². The smallest absolute Gasteiger partial charge is 0.270 e. The molecular formula is C14H23N3O2S. The minimum absolute atomic E-state index is 0.135. The van der Waals surface area contributed by atoms with Crippen LogP contribution in [0.1, 0.15) is 47.6 Å². The number of thiazole rings is 1. The Labute approximate surface area is 123 Å². The maximum Gasteiger partial charge on any atom is 0.270 e. The molecule has 1 heterocycles. The topological polar surface area (TPSA) is 88.2 Å². The van der Waals surface area contributed by atoms with E-state index in [1.807, 2.05) is 0 Å². The minimum atomic E-state index is -0.150. The molecule has 20 heavy (non-hydrogen) atoms. The van der Waals surface area contributed by atoms with Crippen LogP contribution >= 0.6 is 11.3 Å². The lowest BCUT2D eigenvalue weighted by Crippen LogP contribution is -2.41. The molecule has 1 aromatic rings. The van der Waals surface area contributed by atoms with Crippen LogP contribution in [0, 0.1) is 5.41 Å². The molecule has 0 aromatic carbocycles. The summed E-state index contributed by atoms with van der Waals surface area (Å²) in [5, 5.41) is 15.2. The monoisotopic (exact) mass is 297 g/mol. The average Bonchev–Trinajstić information content (AvgIpc) is 2.95. The van der Waals surface area contributed by atoms with Crippen LogP contribution in [0.25, 0.3) is 0 Å². The van der Waals surface area contributed by atoms with E-state index in [0.29, 0.717) is 25.2 Å². The van der Waals surface area contributed by atoms with Gasteiger partial charge >= 0.3 is 0 Å². The molecule has 0 saturated heterocycles. The van der Waals surface area contributed by atoms with Gasteiger partial charge in [0.25, 0.3) is 5.91 Å². The third-order valence-electron chi connectivity index (χ3n) is 4.02. The molecule has 4 N–H and O–H groups in total. The van der Waals surface area contributed by atoms with Gasteiger partial charge in [0, 0.05) is 23.8 Å². The highest BCUT2D eigenvalue weighted by atomic mass is 32.1. The van der Waals surface area contributed by atoms with Crippen LogP contribution in [-0.4, -0.2) is 35.7 Å². The van der Waals surface area contributed by atoms with Gasteiger partial charge in [0.2, 0.25) is 0 Å². The molecule has 0 aliphatic heterocycles. The molecule has 1 aliphatic carbocycles. The van der Waals surface area contributed by atoms with Crippen molar-refractivity contribution in [2.45, 2.75) is 38.5 Å². The van der Waals surface area contributed by atoms with Crippen molar-refractivity contribution in [1.82, 2.24) is 10.3 Å². The Kier molecular flexibility index (Phi) is 5.51. The number of aliphatic hydroxyl groups excluding tert-OH is 1. The fourth-order valence-electron chi connectivity index (χ4n) is 2.70. The molecule has 2 rings (SSSR count). The Morgan fingerprint density at radius 2 is 2.20 bits per heavy atom. The number of aromatic nitrogens is 1. The summed E-state index contributed by atoms with van der Waals surface area (Å²) >= 11 is 1.47. The van der Waals surface area contributed by atoms with E-state index < -0.39 is 0 Å². The minimum Gasteiger partial charge on any atom is -0.396 e. The van der Waals surface area contributed by atoms with Gasteiger partial charge in [-0.1, -0.05) is 19.3 Å². The Morgan fingerprint density at radius 1 is 1.45 bits per heavy atom. The molecule has 0 spiro atoms. The third-order valence-corrected chi connectivity index (χ3v) is 4.92. The van der Waals surface area contributed by atoms with Crippen molar-refractivity contribution in [3.8, 4) is 0 Å². The van der Waals surface area contributed by atoms with Crippen molar-refractivity contribution in [2.24, 2.45) is 11.1 Å². The van der Waals surface area contributed by atoms with Gasteiger partial charge in [-0.2, -0.15) is 0 Å². The summed E-state index contributed by atoms with van der Waals surface area (Å²) in [7, 11) is 0. The van der Waals surface area contributed by atoms with E-state index in [0.717, 1.165) is 30.7 Å². The number of carbonyl (C=O) groups excluding carboxylic acids is 1. The Morgan fingerprint density at radius 3 is 2.85 bits per heavy atom.